The van der Waals surface area contributed by atoms with E-state index < -0.39 is 0 Å². The number of amidine groups is 1. The second-order valence-electron chi connectivity index (χ2n) is 4.09. The summed E-state index contributed by atoms with van der Waals surface area (Å²) in [5, 5.41) is 5.17. The van der Waals surface area contributed by atoms with Crippen LogP contribution in [0.15, 0.2) is 35.3 Å². The predicted molar refractivity (Wildman–Crippen MR) is 72.1 cm³/mol. The van der Waals surface area contributed by atoms with Crippen molar-refractivity contribution in [3.8, 4) is 0 Å². The summed E-state index contributed by atoms with van der Waals surface area (Å²) in [7, 11) is 0. The lowest BCUT2D eigenvalue weighted by Crippen LogP contribution is -2.20. The van der Waals surface area contributed by atoms with Gasteiger partial charge in [0.2, 0.25) is 0 Å². The Hall–Kier alpha value is -0.960. The van der Waals surface area contributed by atoms with Gasteiger partial charge in [-0.05, 0) is 18.4 Å². The van der Waals surface area contributed by atoms with Crippen LogP contribution in [0.2, 0.25) is 0 Å². The molecule has 0 amide bonds. The zero-order chi connectivity index (χ0) is 11.2. The molecule has 1 atom stereocenters. The summed E-state index contributed by atoms with van der Waals surface area (Å²) in [6.45, 7) is 4.20. The molecule has 0 bridgehead atoms. The molecule has 3 heteroatoms. The molecule has 86 valence electrons. The summed E-state index contributed by atoms with van der Waals surface area (Å²) < 4.78 is 0. The van der Waals surface area contributed by atoms with E-state index in [1.165, 1.54) is 5.56 Å². The molecule has 1 heterocycles. The van der Waals surface area contributed by atoms with E-state index in [1.807, 2.05) is 11.8 Å². The quantitative estimate of drug-likeness (QED) is 0.810. The van der Waals surface area contributed by atoms with Gasteiger partial charge in [-0.3, -0.25) is 4.99 Å². The zero-order valence-electron chi connectivity index (χ0n) is 9.65. The fraction of sp³-hybridized carbons (Fsp3) is 0.462. The Morgan fingerprint density at radius 1 is 1.38 bits per heavy atom. The molecular weight excluding hydrogens is 216 g/mol. The molecule has 2 rings (SSSR count). The maximum atomic E-state index is 4.43. The fourth-order valence-corrected chi connectivity index (χ4v) is 2.57. The van der Waals surface area contributed by atoms with E-state index >= 15 is 0 Å². The lowest BCUT2D eigenvalue weighted by molar-refractivity contribution is 0.777. The molecule has 1 aromatic carbocycles. The molecule has 0 aliphatic carbocycles. The third kappa shape index (κ3) is 3.56. The first-order valence-electron chi connectivity index (χ1n) is 5.83. The van der Waals surface area contributed by atoms with Gasteiger partial charge in [0.25, 0.3) is 0 Å². The average molecular weight is 234 g/mol. The monoisotopic (exact) mass is 234 g/mol. The van der Waals surface area contributed by atoms with Crippen molar-refractivity contribution in [2.45, 2.75) is 25.0 Å². The van der Waals surface area contributed by atoms with Gasteiger partial charge in [0.05, 0.1) is 6.54 Å². The number of thioether (sulfide) groups is 1. The summed E-state index contributed by atoms with van der Waals surface area (Å²) >= 11 is 1.85. The summed E-state index contributed by atoms with van der Waals surface area (Å²) in [4.78, 5) is 4.43. The van der Waals surface area contributed by atoms with Crippen molar-refractivity contribution < 1.29 is 0 Å². The van der Waals surface area contributed by atoms with Crippen LogP contribution < -0.4 is 5.32 Å². The highest BCUT2D eigenvalue weighted by atomic mass is 32.2. The maximum Gasteiger partial charge on any atom is 0.156 e. The van der Waals surface area contributed by atoms with Crippen molar-refractivity contribution in [2.24, 2.45) is 4.99 Å². The van der Waals surface area contributed by atoms with E-state index in [0.29, 0.717) is 5.25 Å². The molecule has 0 saturated carbocycles. The van der Waals surface area contributed by atoms with Crippen molar-refractivity contribution in [3.63, 3.8) is 0 Å². The zero-order valence-corrected chi connectivity index (χ0v) is 10.5. The molecule has 0 radical (unpaired) electrons. The lowest BCUT2D eigenvalue weighted by Gasteiger charge is -2.05. The standard InChI is InChI=1S/C13H18N2S/c1-11-10-15-13(16-11)14-9-5-8-12-6-3-2-4-7-12/h2-4,6-7,11H,5,8-10H2,1H3,(H,14,15). The van der Waals surface area contributed by atoms with Crippen LogP contribution in [0.25, 0.3) is 0 Å². The minimum Gasteiger partial charge on any atom is -0.365 e. The van der Waals surface area contributed by atoms with Gasteiger partial charge in [-0.25, -0.2) is 0 Å². The number of hydrogen-bond donors (Lipinski definition) is 1. The van der Waals surface area contributed by atoms with Crippen molar-refractivity contribution in [1.29, 1.82) is 0 Å². The number of aryl methyl sites for hydroxylation is 1. The maximum absolute atomic E-state index is 4.43. The SMILES string of the molecule is CC1CN=C(NCCCc2ccccc2)S1. The van der Waals surface area contributed by atoms with Gasteiger partial charge in [-0.15, -0.1) is 0 Å². The molecule has 1 unspecified atom stereocenters. The lowest BCUT2D eigenvalue weighted by atomic mass is 10.1. The van der Waals surface area contributed by atoms with E-state index in [2.05, 4.69) is 47.6 Å². The number of nitrogens with zero attached hydrogens (tertiary/aromatic N) is 1. The van der Waals surface area contributed by atoms with E-state index in [-0.39, 0.29) is 0 Å². The van der Waals surface area contributed by atoms with E-state index in [1.54, 1.807) is 0 Å². The van der Waals surface area contributed by atoms with E-state index in [9.17, 15) is 0 Å². The first kappa shape index (κ1) is 11.5. The van der Waals surface area contributed by atoms with Gasteiger partial charge in [-0.2, -0.15) is 0 Å². The normalized spacial score (nSPS) is 19.6. The van der Waals surface area contributed by atoms with Crippen molar-refractivity contribution >= 4 is 16.9 Å². The topological polar surface area (TPSA) is 24.4 Å². The van der Waals surface area contributed by atoms with Crippen LogP contribution in [-0.4, -0.2) is 23.5 Å². The Kier molecular flexibility index (Phi) is 4.28. The Bertz CT molecular complexity index is 348. The Balaban J connectivity index is 1.62. The number of nitrogens with one attached hydrogen (secondary N) is 1. The molecule has 1 aliphatic heterocycles. The molecule has 0 spiro atoms. The van der Waals surface area contributed by atoms with Crippen molar-refractivity contribution in [1.82, 2.24) is 5.32 Å². The van der Waals surface area contributed by atoms with Crippen LogP contribution in [0.3, 0.4) is 0 Å². The van der Waals surface area contributed by atoms with Crippen LogP contribution in [0.1, 0.15) is 18.9 Å². The summed E-state index contributed by atoms with van der Waals surface area (Å²) in [6.07, 6.45) is 2.30. The second-order valence-corrected chi connectivity index (χ2v) is 5.52. The smallest absolute Gasteiger partial charge is 0.156 e. The van der Waals surface area contributed by atoms with Gasteiger partial charge in [0, 0.05) is 11.8 Å². The predicted octanol–water partition coefficient (Wildman–Crippen LogP) is 2.70. The fourth-order valence-electron chi connectivity index (χ4n) is 1.71. The van der Waals surface area contributed by atoms with Gasteiger partial charge in [-0.1, -0.05) is 49.0 Å². The second kappa shape index (κ2) is 5.94. The third-order valence-electron chi connectivity index (χ3n) is 2.57. The van der Waals surface area contributed by atoms with Gasteiger partial charge in [0.1, 0.15) is 0 Å². The summed E-state index contributed by atoms with van der Waals surface area (Å²) in [5.41, 5.74) is 1.42. The Labute approximate surface area is 102 Å². The molecule has 0 fully saturated rings. The molecule has 1 aliphatic rings. The minimum atomic E-state index is 0.650. The molecule has 2 nitrogen and oxygen atoms in total. The molecular formula is C13H18N2S. The van der Waals surface area contributed by atoms with Crippen molar-refractivity contribution in [3.05, 3.63) is 35.9 Å². The van der Waals surface area contributed by atoms with E-state index in [4.69, 9.17) is 0 Å². The van der Waals surface area contributed by atoms with Gasteiger partial charge >= 0.3 is 0 Å². The van der Waals surface area contributed by atoms with Crippen LogP contribution in [0, 0.1) is 0 Å². The van der Waals surface area contributed by atoms with Gasteiger partial charge < -0.3 is 5.32 Å². The highest BCUT2D eigenvalue weighted by molar-refractivity contribution is 8.14. The van der Waals surface area contributed by atoms with Crippen molar-refractivity contribution in [2.75, 3.05) is 13.1 Å². The number of hydrogen-bond acceptors (Lipinski definition) is 3. The molecule has 16 heavy (non-hydrogen) atoms. The minimum absolute atomic E-state index is 0.650. The molecule has 1 N–H and O–H groups in total. The highest BCUT2D eigenvalue weighted by Gasteiger charge is 2.13. The Morgan fingerprint density at radius 2 is 2.19 bits per heavy atom. The molecule has 1 aromatic rings. The summed E-state index contributed by atoms with van der Waals surface area (Å²) in [5.74, 6) is 0. The highest BCUT2D eigenvalue weighted by Crippen LogP contribution is 2.18. The largest absolute Gasteiger partial charge is 0.365 e. The van der Waals surface area contributed by atoms with Gasteiger partial charge in [0.15, 0.2) is 5.17 Å². The first-order chi connectivity index (χ1) is 7.84. The van der Waals surface area contributed by atoms with Crippen LogP contribution in [0.4, 0.5) is 0 Å². The summed E-state index contributed by atoms with van der Waals surface area (Å²) in [6, 6.07) is 10.6. The van der Waals surface area contributed by atoms with E-state index in [0.717, 1.165) is 31.1 Å². The van der Waals surface area contributed by atoms with Crippen LogP contribution >= 0.6 is 11.8 Å². The molecule has 0 aromatic heterocycles. The van der Waals surface area contributed by atoms with Crippen LogP contribution in [-0.2, 0) is 6.42 Å². The number of aliphatic imine (C=N–C) groups is 1. The number of rotatable bonds is 4. The van der Waals surface area contributed by atoms with Crippen LogP contribution in [0.5, 0.6) is 0 Å². The first-order valence-corrected chi connectivity index (χ1v) is 6.71. The Morgan fingerprint density at radius 3 is 2.88 bits per heavy atom. The third-order valence-corrected chi connectivity index (χ3v) is 3.61. The average Bonchev–Trinajstić information content (AvgIpc) is 2.72. The number of benzene rings is 1. The molecule has 0 saturated heterocycles.